The standard InChI is InChI=1S/C9H16N2O3/c1-5-3-10-4-7(5)8(12)11-6(2)9(13)14/h5-7,10H,3-4H2,1-2H3,(H,11,12)(H,13,14). The lowest BCUT2D eigenvalue weighted by Gasteiger charge is -2.16. The fraction of sp³-hybridized carbons (Fsp3) is 0.778. The summed E-state index contributed by atoms with van der Waals surface area (Å²) in [5.74, 6) is -0.998. The van der Waals surface area contributed by atoms with Crippen LogP contribution in [-0.2, 0) is 9.59 Å². The van der Waals surface area contributed by atoms with E-state index in [1.807, 2.05) is 6.92 Å². The molecule has 0 aromatic carbocycles. The van der Waals surface area contributed by atoms with Crippen LogP contribution in [0.15, 0.2) is 0 Å². The van der Waals surface area contributed by atoms with Crippen LogP contribution < -0.4 is 10.6 Å². The number of amides is 1. The molecule has 0 aromatic heterocycles. The van der Waals surface area contributed by atoms with Crippen molar-refractivity contribution in [2.75, 3.05) is 13.1 Å². The zero-order valence-electron chi connectivity index (χ0n) is 8.41. The Balaban J connectivity index is 2.45. The molecule has 3 atom stereocenters. The predicted molar refractivity (Wildman–Crippen MR) is 50.8 cm³/mol. The van der Waals surface area contributed by atoms with Crippen molar-refractivity contribution < 1.29 is 14.7 Å². The molecular formula is C9H16N2O3. The molecule has 0 aliphatic carbocycles. The zero-order chi connectivity index (χ0) is 10.7. The number of carbonyl (C=O) groups is 2. The molecule has 1 amide bonds. The van der Waals surface area contributed by atoms with Crippen LogP contribution in [0, 0.1) is 11.8 Å². The van der Waals surface area contributed by atoms with Crippen LogP contribution in [0.1, 0.15) is 13.8 Å². The summed E-state index contributed by atoms with van der Waals surface area (Å²) in [5.41, 5.74) is 0. The highest BCUT2D eigenvalue weighted by atomic mass is 16.4. The molecule has 80 valence electrons. The van der Waals surface area contributed by atoms with Crippen LogP contribution in [0.4, 0.5) is 0 Å². The molecule has 1 fully saturated rings. The van der Waals surface area contributed by atoms with Gasteiger partial charge in [-0.2, -0.15) is 0 Å². The first-order valence-electron chi connectivity index (χ1n) is 4.76. The van der Waals surface area contributed by atoms with Gasteiger partial charge in [0.05, 0.1) is 5.92 Å². The monoisotopic (exact) mass is 200 g/mol. The smallest absolute Gasteiger partial charge is 0.325 e. The van der Waals surface area contributed by atoms with E-state index in [1.165, 1.54) is 6.92 Å². The van der Waals surface area contributed by atoms with Gasteiger partial charge in [-0.15, -0.1) is 0 Å². The van der Waals surface area contributed by atoms with Crippen LogP contribution >= 0.6 is 0 Å². The Morgan fingerprint density at radius 2 is 2.14 bits per heavy atom. The van der Waals surface area contributed by atoms with E-state index < -0.39 is 12.0 Å². The van der Waals surface area contributed by atoms with Crippen molar-refractivity contribution in [2.24, 2.45) is 11.8 Å². The molecular weight excluding hydrogens is 184 g/mol. The summed E-state index contributed by atoms with van der Waals surface area (Å²) in [4.78, 5) is 22.1. The lowest BCUT2D eigenvalue weighted by Crippen LogP contribution is -2.43. The van der Waals surface area contributed by atoms with Crippen molar-refractivity contribution in [3.8, 4) is 0 Å². The minimum atomic E-state index is -1.00. The summed E-state index contributed by atoms with van der Waals surface area (Å²) < 4.78 is 0. The molecule has 1 rings (SSSR count). The first-order chi connectivity index (χ1) is 6.52. The van der Waals surface area contributed by atoms with E-state index >= 15 is 0 Å². The van der Waals surface area contributed by atoms with Crippen molar-refractivity contribution in [1.29, 1.82) is 0 Å². The van der Waals surface area contributed by atoms with Gasteiger partial charge in [0.2, 0.25) is 5.91 Å². The van der Waals surface area contributed by atoms with E-state index in [-0.39, 0.29) is 17.7 Å². The molecule has 5 heteroatoms. The third kappa shape index (κ3) is 2.45. The normalized spacial score (nSPS) is 28.4. The topological polar surface area (TPSA) is 78.4 Å². The molecule has 0 aromatic rings. The average molecular weight is 200 g/mol. The Labute approximate surface area is 82.9 Å². The Hall–Kier alpha value is -1.10. The fourth-order valence-corrected chi connectivity index (χ4v) is 1.54. The van der Waals surface area contributed by atoms with Crippen molar-refractivity contribution >= 4 is 11.9 Å². The molecule has 1 aliphatic heterocycles. The molecule has 3 unspecified atom stereocenters. The van der Waals surface area contributed by atoms with E-state index in [1.54, 1.807) is 0 Å². The minimum absolute atomic E-state index is 0.100. The number of hydrogen-bond donors (Lipinski definition) is 3. The Morgan fingerprint density at radius 1 is 1.50 bits per heavy atom. The number of rotatable bonds is 3. The maximum absolute atomic E-state index is 11.6. The molecule has 0 radical (unpaired) electrons. The van der Waals surface area contributed by atoms with Gasteiger partial charge in [-0.25, -0.2) is 0 Å². The lowest BCUT2D eigenvalue weighted by molar-refractivity contribution is -0.142. The fourth-order valence-electron chi connectivity index (χ4n) is 1.54. The summed E-state index contributed by atoms with van der Waals surface area (Å²) in [7, 11) is 0. The van der Waals surface area contributed by atoms with Gasteiger partial charge >= 0.3 is 5.97 Å². The van der Waals surface area contributed by atoms with E-state index in [0.29, 0.717) is 6.54 Å². The third-order valence-corrected chi connectivity index (χ3v) is 2.58. The molecule has 0 spiro atoms. The summed E-state index contributed by atoms with van der Waals surface area (Å²) in [6.45, 7) is 4.90. The molecule has 0 bridgehead atoms. The quantitative estimate of drug-likeness (QED) is 0.570. The van der Waals surface area contributed by atoms with Crippen LogP contribution in [-0.4, -0.2) is 36.1 Å². The maximum Gasteiger partial charge on any atom is 0.325 e. The second-order valence-corrected chi connectivity index (χ2v) is 3.81. The van der Waals surface area contributed by atoms with Gasteiger partial charge in [0.25, 0.3) is 0 Å². The number of hydrogen-bond acceptors (Lipinski definition) is 3. The van der Waals surface area contributed by atoms with E-state index in [2.05, 4.69) is 10.6 Å². The van der Waals surface area contributed by atoms with Gasteiger partial charge in [0.1, 0.15) is 6.04 Å². The number of aliphatic carboxylic acids is 1. The Morgan fingerprint density at radius 3 is 2.57 bits per heavy atom. The zero-order valence-corrected chi connectivity index (χ0v) is 8.41. The van der Waals surface area contributed by atoms with Gasteiger partial charge < -0.3 is 15.7 Å². The lowest BCUT2D eigenvalue weighted by atomic mass is 9.97. The van der Waals surface area contributed by atoms with Gasteiger partial charge in [-0.3, -0.25) is 9.59 Å². The number of carboxylic acids is 1. The van der Waals surface area contributed by atoms with Crippen LogP contribution in [0.2, 0.25) is 0 Å². The second-order valence-electron chi connectivity index (χ2n) is 3.81. The molecule has 3 N–H and O–H groups in total. The van der Waals surface area contributed by atoms with Gasteiger partial charge in [0, 0.05) is 6.54 Å². The summed E-state index contributed by atoms with van der Waals surface area (Å²) >= 11 is 0. The van der Waals surface area contributed by atoms with E-state index in [0.717, 1.165) is 6.54 Å². The molecule has 1 aliphatic rings. The van der Waals surface area contributed by atoms with Crippen molar-refractivity contribution in [3.63, 3.8) is 0 Å². The first-order valence-corrected chi connectivity index (χ1v) is 4.76. The Bertz CT molecular complexity index is 242. The second kappa shape index (κ2) is 4.41. The van der Waals surface area contributed by atoms with Crippen LogP contribution in [0.3, 0.4) is 0 Å². The molecule has 1 heterocycles. The summed E-state index contributed by atoms with van der Waals surface area (Å²) in [6.07, 6.45) is 0. The number of nitrogens with one attached hydrogen (secondary N) is 2. The van der Waals surface area contributed by atoms with Gasteiger partial charge in [0.15, 0.2) is 0 Å². The average Bonchev–Trinajstić information content (AvgIpc) is 2.51. The Kier molecular flexibility index (Phi) is 3.46. The SMILES string of the molecule is CC(NC(=O)C1CNCC1C)C(=O)O. The van der Waals surface area contributed by atoms with Crippen molar-refractivity contribution in [2.45, 2.75) is 19.9 Å². The number of carbonyl (C=O) groups excluding carboxylic acids is 1. The van der Waals surface area contributed by atoms with E-state index in [4.69, 9.17) is 5.11 Å². The maximum atomic E-state index is 11.6. The summed E-state index contributed by atoms with van der Waals surface area (Å²) in [5, 5.41) is 14.2. The first kappa shape index (κ1) is 11.0. The van der Waals surface area contributed by atoms with Crippen LogP contribution in [0.25, 0.3) is 0 Å². The predicted octanol–water partition coefficient (Wildman–Crippen LogP) is -0.569. The van der Waals surface area contributed by atoms with Gasteiger partial charge in [-0.1, -0.05) is 6.92 Å². The van der Waals surface area contributed by atoms with Crippen molar-refractivity contribution in [3.05, 3.63) is 0 Å². The minimum Gasteiger partial charge on any atom is -0.480 e. The van der Waals surface area contributed by atoms with Gasteiger partial charge in [-0.05, 0) is 19.4 Å². The molecule has 5 nitrogen and oxygen atoms in total. The highest BCUT2D eigenvalue weighted by molar-refractivity contribution is 5.85. The van der Waals surface area contributed by atoms with Crippen LogP contribution in [0.5, 0.6) is 0 Å². The van der Waals surface area contributed by atoms with E-state index in [9.17, 15) is 9.59 Å². The largest absolute Gasteiger partial charge is 0.480 e. The highest BCUT2D eigenvalue weighted by Crippen LogP contribution is 2.15. The molecule has 0 saturated carbocycles. The highest BCUT2D eigenvalue weighted by Gasteiger charge is 2.30. The molecule has 1 saturated heterocycles. The number of carboxylic acid groups (broad SMARTS) is 1. The third-order valence-electron chi connectivity index (χ3n) is 2.58. The molecule has 14 heavy (non-hydrogen) atoms. The summed E-state index contributed by atoms with van der Waals surface area (Å²) in [6, 6.07) is -0.810. The van der Waals surface area contributed by atoms with Crippen molar-refractivity contribution in [1.82, 2.24) is 10.6 Å².